The number of aliphatic carboxylic acids is 1. The minimum absolute atomic E-state index is 0.0748. The predicted octanol–water partition coefficient (Wildman–Crippen LogP) is 4.05. The molecule has 0 aliphatic carbocycles. The van der Waals surface area contributed by atoms with Crippen LogP contribution in [-0.2, 0) is 27.3 Å². The molecule has 0 aliphatic rings. The number of carboxylic acids is 1. The van der Waals surface area contributed by atoms with Crippen LogP contribution < -0.4 is 15.3 Å². The molecule has 3 N–H and O–H groups in total. The number of thiazole rings is 1. The number of fused-ring (bicyclic) bond motifs is 1. The van der Waals surface area contributed by atoms with E-state index in [4.69, 9.17) is 20.4 Å². The van der Waals surface area contributed by atoms with Gasteiger partial charge in [0.05, 0.1) is 23.9 Å². The monoisotopic (exact) mass is 590 g/mol. The van der Waals surface area contributed by atoms with Crippen LogP contribution in [0, 0.1) is 0 Å². The van der Waals surface area contributed by atoms with E-state index < -0.39 is 24.2 Å². The van der Waals surface area contributed by atoms with Crippen LogP contribution in [0.5, 0.6) is 5.75 Å². The van der Waals surface area contributed by atoms with E-state index in [1.165, 1.54) is 7.11 Å². The summed E-state index contributed by atoms with van der Waals surface area (Å²) in [7, 11) is 1.31. The Morgan fingerprint density at radius 3 is 2.22 bits per heavy atom. The van der Waals surface area contributed by atoms with Gasteiger partial charge in [-0.1, -0.05) is 53.8 Å². The Labute approximate surface area is 235 Å². The summed E-state index contributed by atoms with van der Waals surface area (Å²) in [6.07, 6.45) is -4.71. The molecule has 0 spiro atoms. The lowest BCUT2D eigenvalue weighted by molar-refractivity contribution is -0.192. The number of ether oxygens (including phenoxy) is 2. The van der Waals surface area contributed by atoms with Crippen LogP contribution in [0.3, 0.4) is 0 Å². The molecule has 41 heavy (non-hydrogen) atoms. The van der Waals surface area contributed by atoms with Gasteiger partial charge in [-0.2, -0.15) is 13.2 Å². The second-order valence-electron chi connectivity index (χ2n) is 8.53. The molecular weight excluding hydrogens is 565 g/mol. The minimum atomic E-state index is -5.08. The number of carbonyl (C=O) groups is 3. The number of esters is 1. The van der Waals surface area contributed by atoms with Crippen molar-refractivity contribution >= 4 is 39.3 Å². The molecule has 1 atom stereocenters. The first kappa shape index (κ1) is 31.0. The Hall–Kier alpha value is -4.49. The lowest BCUT2D eigenvalue weighted by Gasteiger charge is -2.11. The largest absolute Gasteiger partial charge is 0.492 e. The fraction of sp³-hybridized carbons (Fsp3) is 0.214. The van der Waals surface area contributed by atoms with Crippen molar-refractivity contribution in [3.05, 3.63) is 99.2 Å². The molecule has 3 aromatic carbocycles. The van der Waals surface area contributed by atoms with E-state index in [1.807, 2.05) is 36.4 Å². The zero-order valence-corrected chi connectivity index (χ0v) is 22.4. The molecule has 0 saturated carbocycles. The van der Waals surface area contributed by atoms with Gasteiger partial charge in [-0.3, -0.25) is 19.0 Å². The molecule has 1 unspecified atom stereocenters. The number of benzene rings is 3. The van der Waals surface area contributed by atoms with Crippen molar-refractivity contribution in [3.8, 4) is 5.75 Å². The lowest BCUT2D eigenvalue weighted by atomic mass is 10.0. The Balaban J connectivity index is 0.000000587. The van der Waals surface area contributed by atoms with Gasteiger partial charge >= 0.3 is 23.0 Å². The third kappa shape index (κ3) is 8.50. The van der Waals surface area contributed by atoms with Crippen LogP contribution >= 0.6 is 11.3 Å². The van der Waals surface area contributed by atoms with Gasteiger partial charge in [-0.15, -0.1) is 0 Å². The van der Waals surface area contributed by atoms with Crippen LogP contribution in [0.4, 0.5) is 13.2 Å². The van der Waals surface area contributed by atoms with Gasteiger partial charge < -0.3 is 20.3 Å². The maximum absolute atomic E-state index is 12.7. The predicted molar refractivity (Wildman–Crippen MR) is 145 cm³/mol. The van der Waals surface area contributed by atoms with Crippen molar-refractivity contribution in [1.82, 2.24) is 4.57 Å². The van der Waals surface area contributed by atoms with Gasteiger partial charge in [-0.25, -0.2) is 4.79 Å². The van der Waals surface area contributed by atoms with Crippen LogP contribution in [0.15, 0.2) is 77.6 Å². The van der Waals surface area contributed by atoms with Gasteiger partial charge in [0, 0.05) is 11.1 Å². The normalized spacial score (nSPS) is 11.7. The molecule has 0 radical (unpaired) electrons. The van der Waals surface area contributed by atoms with Crippen LogP contribution in [0.1, 0.15) is 21.5 Å². The molecule has 4 aromatic rings. The first-order chi connectivity index (χ1) is 19.4. The summed E-state index contributed by atoms with van der Waals surface area (Å²) in [4.78, 5) is 45.5. The number of alkyl halides is 3. The van der Waals surface area contributed by atoms with Gasteiger partial charge in [-0.05, 0) is 42.3 Å². The molecule has 0 bridgehead atoms. The fourth-order valence-electron chi connectivity index (χ4n) is 3.64. The van der Waals surface area contributed by atoms with Gasteiger partial charge in [0.15, 0.2) is 5.78 Å². The van der Waals surface area contributed by atoms with Gasteiger partial charge in [0.1, 0.15) is 18.4 Å². The zero-order valence-electron chi connectivity index (χ0n) is 21.6. The number of aromatic nitrogens is 1. The van der Waals surface area contributed by atoms with E-state index in [0.29, 0.717) is 36.4 Å². The molecule has 1 heterocycles. The number of carbonyl (C=O) groups excluding carboxylic acids is 2. The summed E-state index contributed by atoms with van der Waals surface area (Å²) in [6.45, 7) is 0.678. The maximum atomic E-state index is 12.7. The summed E-state index contributed by atoms with van der Waals surface area (Å²) in [5.74, 6) is -2.63. The molecule has 4 rings (SSSR count). The molecule has 1 aromatic heterocycles. The average molecular weight is 591 g/mol. The first-order valence-corrected chi connectivity index (χ1v) is 12.8. The Kier molecular flexibility index (Phi) is 10.4. The summed E-state index contributed by atoms with van der Waals surface area (Å²) in [5, 5.41) is 7.12. The van der Waals surface area contributed by atoms with E-state index in [-0.39, 0.29) is 10.7 Å². The standard InChI is InChI=1S/C26H24N2O5S.C2HF3O2/c1-32-25(30)21(27)15-17-7-10-20(11-8-17)33-14-13-28-22-12-9-19(16-23(22)34-26(28)31)24(29)18-5-3-2-4-6-18;3-2(4,5)1(6)7/h2-12,16,21H,13-15,27H2,1H3;(H,6,7). The first-order valence-electron chi connectivity index (χ1n) is 12.0. The van der Waals surface area contributed by atoms with E-state index in [2.05, 4.69) is 4.74 Å². The van der Waals surface area contributed by atoms with Crippen molar-refractivity contribution < 1.29 is 42.1 Å². The highest BCUT2D eigenvalue weighted by atomic mass is 32.1. The number of carboxylic acid groups (broad SMARTS) is 1. The van der Waals surface area contributed by atoms with Crippen LogP contribution in [-0.4, -0.2) is 53.3 Å². The third-order valence-corrected chi connectivity index (χ3v) is 6.62. The lowest BCUT2D eigenvalue weighted by Crippen LogP contribution is -2.33. The SMILES string of the molecule is COC(=O)C(N)Cc1ccc(OCCn2c(=O)sc3cc(C(=O)c4ccccc4)ccc32)cc1.O=C(O)C(F)(F)F. The zero-order chi connectivity index (χ0) is 30.2. The highest BCUT2D eigenvalue weighted by Crippen LogP contribution is 2.21. The molecular formula is C28H25F3N2O7S. The number of ketones is 1. The van der Waals surface area contributed by atoms with E-state index >= 15 is 0 Å². The number of nitrogens with two attached hydrogens (primary N) is 1. The summed E-state index contributed by atoms with van der Waals surface area (Å²) >= 11 is 1.11. The molecule has 0 saturated heterocycles. The third-order valence-electron chi connectivity index (χ3n) is 5.68. The number of nitrogens with zero attached hydrogens (tertiary/aromatic N) is 1. The number of hydrogen-bond donors (Lipinski definition) is 2. The second kappa shape index (κ2) is 13.7. The number of methoxy groups -OCH3 is 1. The van der Waals surface area contributed by atoms with E-state index in [9.17, 15) is 27.6 Å². The van der Waals surface area contributed by atoms with Crippen molar-refractivity contribution in [2.45, 2.75) is 25.2 Å². The summed E-state index contributed by atoms with van der Waals surface area (Å²) in [6, 6.07) is 21.0. The molecule has 0 fully saturated rings. The van der Waals surface area contributed by atoms with Gasteiger partial charge in [0.25, 0.3) is 0 Å². The van der Waals surface area contributed by atoms with Crippen molar-refractivity contribution in [3.63, 3.8) is 0 Å². The quantitative estimate of drug-likeness (QED) is 0.220. The maximum Gasteiger partial charge on any atom is 0.490 e. The average Bonchev–Trinajstić information content (AvgIpc) is 3.27. The number of hydrogen-bond acceptors (Lipinski definition) is 8. The number of rotatable bonds is 9. The minimum Gasteiger partial charge on any atom is -0.492 e. The second-order valence-corrected chi connectivity index (χ2v) is 9.52. The Morgan fingerprint density at radius 2 is 1.63 bits per heavy atom. The Morgan fingerprint density at radius 1 is 1.00 bits per heavy atom. The van der Waals surface area contributed by atoms with Crippen molar-refractivity contribution in [2.75, 3.05) is 13.7 Å². The smallest absolute Gasteiger partial charge is 0.490 e. The highest BCUT2D eigenvalue weighted by molar-refractivity contribution is 7.16. The topological polar surface area (TPSA) is 138 Å². The fourth-order valence-corrected chi connectivity index (χ4v) is 4.60. The molecule has 13 heteroatoms. The van der Waals surface area contributed by atoms with Gasteiger partial charge in [0.2, 0.25) is 0 Å². The van der Waals surface area contributed by atoms with Crippen molar-refractivity contribution in [2.24, 2.45) is 5.73 Å². The van der Waals surface area contributed by atoms with Crippen LogP contribution in [0.2, 0.25) is 0 Å². The molecule has 0 aliphatic heterocycles. The summed E-state index contributed by atoms with van der Waals surface area (Å²) < 4.78 is 44.6. The highest BCUT2D eigenvalue weighted by Gasteiger charge is 2.38. The summed E-state index contributed by atoms with van der Waals surface area (Å²) in [5.41, 5.74) is 8.62. The Bertz CT molecular complexity index is 1570. The van der Waals surface area contributed by atoms with Crippen LogP contribution in [0.25, 0.3) is 10.2 Å². The molecule has 216 valence electrons. The number of halogens is 3. The van der Waals surface area contributed by atoms with E-state index in [0.717, 1.165) is 27.1 Å². The van der Waals surface area contributed by atoms with E-state index in [1.54, 1.807) is 41.0 Å². The molecule has 9 nitrogen and oxygen atoms in total. The molecule has 0 amide bonds. The van der Waals surface area contributed by atoms with Crippen molar-refractivity contribution in [1.29, 1.82) is 0 Å².